The number of carbonyl (C=O) groups is 1. The van der Waals surface area contributed by atoms with Crippen LogP contribution in [-0.2, 0) is 11.3 Å². The zero-order valence-electron chi connectivity index (χ0n) is 12.6. The summed E-state index contributed by atoms with van der Waals surface area (Å²) in [5.74, 6) is -0.151. The van der Waals surface area contributed by atoms with Crippen LogP contribution in [0.3, 0.4) is 0 Å². The molecule has 1 fully saturated rings. The second kappa shape index (κ2) is 6.62. The molecule has 0 aromatic heterocycles. The summed E-state index contributed by atoms with van der Waals surface area (Å²) < 4.78 is 14.6. The Kier molecular flexibility index (Phi) is 4.74. The van der Waals surface area contributed by atoms with Gasteiger partial charge in [0.2, 0.25) is 5.91 Å². The fourth-order valence-corrected chi connectivity index (χ4v) is 3.55. The number of halogens is 3. The van der Waals surface area contributed by atoms with E-state index in [0.29, 0.717) is 10.6 Å². The third-order valence-corrected chi connectivity index (χ3v) is 5.04. The first-order valence-electron chi connectivity index (χ1n) is 7.40. The summed E-state index contributed by atoms with van der Waals surface area (Å²) in [6.45, 7) is 0.260. The van der Waals surface area contributed by atoms with Gasteiger partial charge in [-0.2, -0.15) is 0 Å². The first-order chi connectivity index (χ1) is 11.0. The molecule has 0 saturated heterocycles. The molecule has 5 heteroatoms. The monoisotopic (exact) mass is 395 g/mol. The van der Waals surface area contributed by atoms with E-state index in [1.165, 1.54) is 6.07 Å². The van der Waals surface area contributed by atoms with Crippen molar-refractivity contribution >= 4 is 33.4 Å². The molecule has 0 N–H and O–H groups in total. The van der Waals surface area contributed by atoms with Gasteiger partial charge in [-0.15, -0.1) is 0 Å². The number of carbonyl (C=O) groups excluding carboxylic acids is 1. The van der Waals surface area contributed by atoms with E-state index in [9.17, 15) is 9.18 Å². The van der Waals surface area contributed by atoms with Crippen molar-refractivity contribution < 1.29 is 9.18 Å². The Morgan fingerprint density at radius 3 is 2.83 bits per heavy atom. The molecule has 2 nitrogen and oxygen atoms in total. The quantitative estimate of drug-likeness (QED) is 0.712. The van der Waals surface area contributed by atoms with E-state index in [2.05, 4.69) is 15.9 Å². The Morgan fingerprint density at radius 2 is 2.09 bits per heavy atom. The number of benzene rings is 2. The maximum absolute atomic E-state index is 13.8. The van der Waals surface area contributed by atoms with E-state index in [0.717, 1.165) is 16.5 Å². The first kappa shape index (κ1) is 16.5. The van der Waals surface area contributed by atoms with E-state index in [1.54, 1.807) is 24.1 Å². The molecule has 1 amide bonds. The Labute approximate surface area is 148 Å². The van der Waals surface area contributed by atoms with E-state index in [-0.39, 0.29) is 30.1 Å². The van der Waals surface area contributed by atoms with Crippen LogP contribution in [0, 0.1) is 11.7 Å². The van der Waals surface area contributed by atoms with Crippen LogP contribution >= 0.6 is 27.5 Å². The number of hydrogen-bond acceptors (Lipinski definition) is 1. The summed E-state index contributed by atoms with van der Waals surface area (Å²) in [6, 6.07) is 12.4. The number of nitrogens with zero attached hydrogens (tertiary/aromatic N) is 1. The summed E-state index contributed by atoms with van der Waals surface area (Å²) in [6.07, 6.45) is 0.799. The van der Waals surface area contributed by atoms with Gasteiger partial charge >= 0.3 is 0 Å². The molecule has 3 rings (SSSR count). The van der Waals surface area contributed by atoms with Crippen molar-refractivity contribution in [3.8, 4) is 0 Å². The average molecular weight is 397 g/mol. The lowest BCUT2D eigenvalue weighted by Crippen LogP contribution is -2.28. The van der Waals surface area contributed by atoms with Crippen molar-refractivity contribution in [2.45, 2.75) is 18.9 Å². The van der Waals surface area contributed by atoms with Crippen LogP contribution in [0.2, 0.25) is 5.02 Å². The van der Waals surface area contributed by atoms with Gasteiger partial charge in [0.1, 0.15) is 5.82 Å². The van der Waals surface area contributed by atoms with E-state index in [4.69, 9.17) is 11.6 Å². The molecule has 0 bridgehead atoms. The minimum Gasteiger partial charge on any atom is -0.341 e. The normalized spacial score (nSPS) is 19.5. The van der Waals surface area contributed by atoms with Crippen LogP contribution in [0.5, 0.6) is 0 Å². The van der Waals surface area contributed by atoms with E-state index >= 15 is 0 Å². The standard InChI is InChI=1S/C18H16BrClFNO/c1-22(10-11-8-12(19)6-7-17(11)21)18(23)15-9-14(15)13-4-2-3-5-16(13)20/h2-8,14-15H,9-10H2,1H3. The fourth-order valence-electron chi connectivity index (χ4n) is 2.87. The van der Waals surface area contributed by atoms with Crippen molar-refractivity contribution in [2.75, 3.05) is 7.05 Å². The molecule has 0 aliphatic heterocycles. The Hall–Kier alpha value is -1.39. The molecule has 2 atom stereocenters. The molecular formula is C18H16BrClFNO. The van der Waals surface area contributed by atoms with Gasteiger partial charge in [0.25, 0.3) is 0 Å². The number of rotatable bonds is 4. The highest BCUT2D eigenvalue weighted by molar-refractivity contribution is 9.10. The minimum atomic E-state index is -0.300. The summed E-state index contributed by atoms with van der Waals surface area (Å²) in [5, 5.41) is 0.702. The molecule has 120 valence electrons. The highest BCUT2D eigenvalue weighted by atomic mass is 79.9. The second-order valence-corrected chi connectivity index (χ2v) is 7.22. The van der Waals surface area contributed by atoms with Gasteiger partial charge in [0, 0.05) is 34.6 Å². The lowest BCUT2D eigenvalue weighted by Gasteiger charge is -2.18. The Balaban J connectivity index is 1.67. The SMILES string of the molecule is CN(Cc1cc(Br)ccc1F)C(=O)C1CC1c1ccccc1Cl. The van der Waals surface area contributed by atoms with Gasteiger partial charge in [-0.1, -0.05) is 45.7 Å². The van der Waals surface area contributed by atoms with Gasteiger partial charge in [-0.25, -0.2) is 4.39 Å². The van der Waals surface area contributed by atoms with Gasteiger partial charge in [-0.3, -0.25) is 4.79 Å². The summed E-state index contributed by atoms with van der Waals surface area (Å²) >= 11 is 9.52. The number of amides is 1. The van der Waals surface area contributed by atoms with Gasteiger partial charge in [-0.05, 0) is 42.2 Å². The molecule has 0 radical (unpaired) electrons. The van der Waals surface area contributed by atoms with Crippen molar-refractivity contribution in [3.05, 3.63) is 68.9 Å². The maximum Gasteiger partial charge on any atom is 0.226 e. The highest BCUT2D eigenvalue weighted by Crippen LogP contribution is 2.50. The molecule has 2 unspecified atom stereocenters. The molecule has 0 spiro atoms. The molecule has 23 heavy (non-hydrogen) atoms. The topological polar surface area (TPSA) is 20.3 Å². The molecule has 2 aromatic carbocycles. The first-order valence-corrected chi connectivity index (χ1v) is 8.58. The predicted molar refractivity (Wildman–Crippen MR) is 92.9 cm³/mol. The smallest absolute Gasteiger partial charge is 0.226 e. The van der Waals surface area contributed by atoms with Crippen LogP contribution in [-0.4, -0.2) is 17.9 Å². The Bertz CT molecular complexity index is 752. The summed E-state index contributed by atoms with van der Waals surface area (Å²) in [7, 11) is 1.71. The van der Waals surface area contributed by atoms with Crippen LogP contribution < -0.4 is 0 Å². The van der Waals surface area contributed by atoms with Crippen molar-refractivity contribution in [1.82, 2.24) is 4.90 Å². The third-order valence-electron chi connectivity index (χ3n) is 4.20. The minimum absolute atomic E-state index is 0.0364. The van der Waals surface area contributed by atoms with Gasteiger partial charge in [0.05, 0.1) is 0 Å². The predicted octanol–water partition coefficient (Wildman–Crippen LogP) is 5.00. The van der Waals surface area contributed by atoms with E-state index < -0.39 is 0 Å². The molecular weight excluding hydrogens is 381 g/mol. The van der Waals surface area contributed by atoms with E-state index in [1.807, 2.05) is 24.3 Å². The van der Waals surface area contributed by atoms with Crippen LogP contribution in [0.15, 0.2) is 46.9 Å². The van der Waals surface area contributed by atoms with Crippen LogP contribution in [0.1, 0.15) is 23.5 Å². The molecule has 1 saturated carbocycles. The van der Waals surface area contributed by atoms with Crippen LogP contribution in [0.4, 0.5) is 4.39 Å². The molecule has 1 aliphatic rings. The summed E-state index contributed by atoms with van der Waals surface area (Å²) in [5.41, 5.74) is 1.53. The maximum atomic E-state index is 13.8. The van der Waals surface area contributed by atoms with Gasteiger partial charge in [0.15, 0.2) is 0 Å². The number of hydrogen-bond donors (Lipinski definition) is 0. The second-order valence-electron chi connectivity index (χ2n) is 5.90. The largest absolute Gasteiger partial charge is 0.341 e. The zero-order chi connectivity index (χ0) is 16.6. The molecule has 1 aliphatic carbocycles. The van der Waals surface area contributed by atoms with Crippen LogP contribution in [0.25, 0.3) is 0 Å². The highest BCUT2D eigenvalue weighted by Gasteiger charge is 2.45. The third kappa shape index (κ3) is 3.59. The summed E-state index contributed by atoms with van der Waals surface area (Å²) in [4.78, 5) is 14.1. The molecule has 0 heterocycles. The molecule has 2 aromatic rings. The van der Waals surface area contributed by atoms with Crippen molar-refractivity contribution in [1.29, 1.82) is 0 Å². The Morgan fingerprint density at radius 1 is 1.35 bits per heavy atom. The lowest BCUT2D eigenvalue weighted by molar-refractivity contribution is -0.131. The van der Waals surface area contributed by atoms with Gasteiger partial charge < -0.3 is 4.90 Å². The van der Waals surface area contributed by atoms with Crippen molar-refractivity contribution in [2.24, 2.45) is 5.92 Å². The fraction of sp³-hybridized carbons (Fsp3) is 0.278. The zero-order valence-corrected chi connectivity index (χ0v) is 14.9. The lowest BCUT2D eigenvalue weighted by atomic mass is 10.1. The average Bonchev–Trinajstić information content (AvgIpc) is 3.31. The van der Waals surface area contributed by atoms with Crippen molar-refractivity contribution in [3.63, 3.8) is 0 Å².